The molecule has 2 rings (SSSR count). The van der Waals surface area contributed by atoms with Crippen molar-refractivity contribution in [1.29, 1.82) is 0 Å². The van der Waals surface area contributed by atoms with Crippen LogP contribution in [0.2, 0.25) is 0 Å². The van der Waals surface area contributed by atoms with E-state index in [1.165, 1.54) is 18.1 Å². The van der Waals surface area contributed by atoms with Gasteiger partial charge in [-0.2, -0.15) is 0 Å². The summed E-state index contributed by atoms with van der Waals surface area (Å²) in [6, 6.07) is 6.47. The number of alkyl halides is 1. The first-order valence-electron chi connectivity index (χ1n) is 8.46. The van der Waals surface area contributed by atoms with Crippen molar-refractivity contribution in [3.63, 3.8) is 0 Å². The largest absolute Gasteiger partial charge is 0.459 e. The zero-order valence-electron chi connectivity index (χ0n) is 15.0. The summed E-state index contributed by atoms with van der Waals surface area (Å²) in [6.07, 6.45) is 2.60. The van der Waals surface area contributed by atoms with Gasteiger partial charge in [0.1, 0.15) is 17.6 Å². The Morgan fingerprint density at radius 3 is 2.54 bits per heavy atom. The van der Waals surface area contributed by atoms with Gasteiger partial charge >= 0.3 is 5.97 Å². The quantitative estimate of drug-likeness (QED) is 0.495. The van der Waals surface area contributed by atoms with Crippen LogP contribution in [0.4, 0.5) is 0 Å². The first kappa shape index (κ1) is 19.8. The molecule has 0 aromatic heterocycles. The lowest BCUT2D eigenvalue weighted by molar-refractivity contribution is -0.182. The molecule has 0 radical (unpaired) electrons. The summed E-state index contributed by atoms with van der Waals surface area (Å²) in [5.74, 6) is 0.315. The summed E-state index contributed by atoms with van der Waals surface area (Å²) in [7, 11) is 0. The minimum atomic E-state index is -0.253. The lowest BCUT2D eigenvalue weighted by Crippen LogP contribution is -2.45. The van der Waals surface area contributed by atoms with E-state index in [1.807, 2.05) is 0 Å². The van der Waals surface area contributed by atoms with Crippen LogP contribution < -0.4 is 0 Å². The van der Waals surface area contributed by atoms with Crippen LogP contribution in [0.1, 0.15) is 50.5 Å². The molecule has 1 heterocycles. The first-order valence-corrected chi connectivity index (χ1v) is 10.9. The summed E-state index contributed by atoms with van der Waals surface area (Å²) in [5, 5.41) is 0.812. The molecule has 24 heavy (non-hydrogen) atoms. The van der Waals surface area contributed by atoms with Crippen LogP contribution in [0, 0.1) is 11.8 Å². The maximum Gasteiger partial charge on any atom is 0.303 e. The molecule has 1 aromatic carbocycles. The molecule has 0 amide bonds. The Bertz CT molecular complexity index is 578. The van der Waals surface area contributed by atoms with Crippen LogP contribution in [0.5, 0.6) is 0 Å². The zero-order valence-corrected chi connectivity index (χ0v) is 17.4. The highest BCUT2D eigenvalue weighted by atomic mass is 79.9. The summed E-state index contributed by atoms with van der Waals surface area (Å²) in [6.45, 7) is 7.96. The molecule has 1 saturated heterocycles. The van der Waals surface area contributed by atoms with Crippen molar-refractivity contribution in [3.8, 4) is 0 Å². The second-order valence-electron chi connectivity index (χ2n) is 6.47. The topological polar surface area (TPSA) is 35.5 Å². The Labute approximate surface area is 158 Å². The van der Waals surface area contributed by atoms with E-state index in [4.69, 9.17) is 9.47 Å². The molecule has 0 unspecified atom stereocenters. The van der Waals surface area contributed by atoms with Crippen molar-refractivity contribution in [2.75, 3.05) is 6.26 Å². The molecule has 0 N–H and O–H groups in total. The smallest absolute Gasteiger partial charge is 0.303 e. The van der Waals surface area contributed by atoms with Crippen LogP contribution in [0.3, 0.4) is 0 Å². The average Bonchev–Trinajstić information content (AvgIpc) is 2.58. The van der Waals surface area contributed by atoms with Gasteiger partial charge in [0.2, 0.25) is 0 Å². The van der Waals surface area contributed by atoms with E-state index in [0.29, 0.717) is 5.92 Å². The van der Waals surface area contributed by atoms with Crippen molar-refractivity contribution in [2.45, 2.75) is 57.1 Å². The monoisotopic (exact) mass is 414 g/mol. The Kier molecular flexibility index (Phi) is 7.20. The molecule has 5 heteroatoms. The number of esters is 1. The molecule has 5 atom stereocenters. The molecule has 0 spiro atoms. The second kappa shape index (κ2) is 8.72. The Morgan fingerprint density at radius 2 is 2.00 bits per heavy atom. The molecule has 1 aliphatic rings. The van der Waals surface area contributed by atoms with Crippen molar-refractivity contribution < 1.29 is 14.3 Å². The van der Waals surface area contributed by atoms with Crippen LogP contribution in [0.25, 0.3) is 0 Å². The summed E-state index contributed by atoms with van der Waals surface area (Å²) in [4.78, 5) is 11.6. The fraction of sp³-hybridized carbons (Fsp3) is 0.632. The Morgan fingerprint density at radius 1 is 1.29 bits per heavy atom. The van der Waals surface area contributed by atoms with Gasteiger partial charge in [0.15, 0.2) is 0 Å². The van der Waals surface area contributed by atoms with Gasteiger partial charge in [-0.1, -0.05) is 54.9 Å². The highest BCUT2D eigenvalue weighted by molar-refractivity contribution is 9.08. The van der Waals surface area contributed by atoms with E-state index in [-0.39, 0.29) is 29.5 Å². The molecular formula is C19H27BrO3S. The van der Waals surface area contributed by atoms with Gasteiger partial charge in [-0.15, -0.1) is 11.8 Å². The van der Waals surface area contributed by atoms with Gasteiger partial charge in [-0.05, 0) is 35.3 Å². The predicted molar refractivity (Wildman–Crippen MR) is 103 cm³/mol. The maximum absolute atomic E-state index is 11.6. The van der Waals surface area contributed by atoms with E-state index >= 15 is 0 Å². The number of halogens is 1. The number of hydrogen-bond donors (Lipinski definition) is 0. The zero-order chi connectivity index (χ0) is 17.9. The molecular weight excluding hydrogens is 388 g/mol. The van der Waals surface area contributed by atoms with Crippen molar-refractivity contribution >= 4 is 33.7 Å². The third kappa shape index (κ3) is 4.17. The van der Waals surface area contributed by atoms with Crippen molar-refractivity contribution in [1.82, 2.24) is 0 Å². The molecule has 134 valence electrons. The normalized spacial score (nSPS) is 30.2. The van der Waals surface area contributed by atoms with Crippen LogP contribution in [-0.2, 0) is 26.0 Å². The molecule has 1 fully saturated rings. The summed E-state index contributed by atoms with van der Waals surface area (Å²) < 4.78 is 12.0. The number of ether oxygens (including phenoxy) is 2. The average molecular weight is 415 g/mol. The lowest BCUT2D eigenvalue weighted by atomic mass is 9.82. The lowest BCUT2D eigenvalue weighted by Gasteiger charge is -2.44. The minimum Gasteiger partial charge on any atom is -0.459 e. The maximum atomic E-state index is 11.6. The number of hydrogen-bond acceptors (Lipinski definition) is 4. The molecule has 0 bridgehead atoms. The Balaban J connectivity index is 2.40. The molecule has 1 aliphatic heterocycles. The number of carbonyl (C=O) groups excluding carboxylic acids is 1. The highest BCUT2D eigenvalue weighted by Gasteiger charge is 2.43. The van der Waals surface area contributed by atoms with Crippen molar-refractivity contribution in [2.24, 2.45) is 11.8 Å². The standard InChI is InChI=1S/C19H27BrO3S/c1-6-14-7-8-15(9-16(14)10-20)18-17(22-13(4)21)11(2)12(3)19(23-18)24-5/h7-9,11-12,17-19H,6,10H2,1-5H3/t11-,12-,17+,18-,19+/m0/s1. The Hall–Kier alpha value is -0.520. The fourth-order valence-electron chi connectivity index (χ4n) is 3.36. The highest BCUT2D eigenvalue weighted by Crippen LogP contribution is 2.43. The van der Waals surface area contributed by atoms with E-state index in [0.717, 1.165) is 17.3 Å². The third-order valence-corrected chi connectivity index (χ3v) is 6.58. The van der Waals surface area contributed by atoms with Gasteiger partial charge in [0.05, 0.1) is 0 Å². The van der Waals surface area contributed by atoms with E-state index in [2.05, 4.69) is 61.2 Å². The van der Waals surface area contributed by atoms with Gasteiger partial charge in [0, 0.05) is 18.2 Å². The molecule has 3 nitrogen and oxygen atoms in total. The van der Waals surface area contributed by atoms with Crippen LogP contribution in [0.15, 0.2) is 18.2 Å². The van der Waals surface area contributed by atoms with E-state index in [1.54, 1.807) is 11.8 Å². The number of aryl methyl sites for hydroxylation is 1. The van der Waals surface area contributed by atoms with Gasteiger partial charge in [0.25, 0.3) is 0 Å². The molecule has 0 aliphatic carbocycles. The summed E-state index contributed by atoms with van der Waals surface area (Å²) in [5.41, 5.74) is 3.80. The second-order valence-corrected chi connectivity index (χ2v) is 7.97. The predicted octanol–water partition coefficient (Wildman–Crippen LogP) is 5.11. The van der Waals surface area contributed by atoms with Crippen molar-refractivity contribution in [3.05, 3.63) is 34.9 Å². The fourth-order valence-corrected chi connectivity index (χ4v) is 4.79. The minimum absolute atomic E-state index is 0.107. The van der Waals surface area contributed by atoms with E-state index < -0.39 is 0 Å². The van der Waals surface area contributed by atoms with Gasteiger partial charge in [-0.25, -0.2) is 0 Å². The SMILES string of the molecule is CCc1ccc([C@@H]2O[C@H](SC)[C@@H](C)[C@H](C)[C@H]2OC(C)=O)cc1CBr. The summed E-state index contributed by atoms with van der Waals surface area (Å²) >= 11 is 5.30. The first-order chi connectivity index (χ1) is 11.4. The molecule has 0 saturated carbocycles. The molecule has 1 aromatic rings. The van der Waals surface area contributed by atoms with Crippen LogP contribution in [-0.4, -0.2) is 23.8 Å². The van der Waals surface area contributed by atoms with Gasteiger partial charge < -0.3 is 9.47 Å². The van der Waals surface area contributed by atoms with Gasteiger partial charge in [-0.3, -0.25) is 4.79 Å². The number of benzene rings is 1. The van der Waals surface area contributed by atoms with Crippen LogP contribution >= 0.6 is 27.7 Å². The number of thioether (sulfide) groups is 1. The van der Waals surface area contributed by atoms with E-state index in [9.17, 15) is 4.79 Å². The number of carbonyl (C=O) groups is 1. The number of rotatable bonds is 5. The third-order valence-electron chi connectivity index (χ3n) is 4.97.